The van der Waals surface area contributed by atoms with Crippen LogP contribution in [0.4, 0.5) is 0 Å². The van der Waals surface area contributed by atoms with Crippen molar-refractivity contribution in [3.63, 3.8) is 0 Å². The van der Waals surface area contributed by atoms with Gasteiger partial charge in [-0.1, -0.05) is 15.9 Å². The Morgan fingerprint density at radius 1 is 1.05 bits per heavy atom. The molecule has 0 radical (unpaired) electrons. The second kappa shape index (κ2) is 5.47. The minimum atomic E-state index is -0.430. The standard InChI is InChI=1S/C14H7Br2NO3S/c15-7-1-2-8-9(5-7)14(20)17(13(8)19)6-10(18)11-3-4-12(16)21-11/h1-5H,6H2. The topological polar surface area (TPSA) is 54.5 Å². The number of hydrogen-bond acceptors (Lipinski definition) is 4. The SMILES string of the molecule is O=C(CN1C(=O)c2ccc(Br)cc2C1=O)c1ccc(Br)s1. The van der Waals surface area contributed by atoms with Gasteiger partial charge in [0.05, 0.1) is 26.3 Å². The van der Waals surface area contributed by atoms with Gasteiger partial charge in [-0.3, -0.25) is 19.3 Å². The van der Waals surface area contributed by atoms with Crippen molar-refractivity contribution in [1.82, 2.24) is 4.90 Å². The van der Waals surface area contributed by atoms with E-state index < -0.39 is 11.8 Å². The molecule has 0 N–H and O–H groups in total. The second-order valence-electron chi connectivity index (χ2n) is 4.41. The molecule has 0 atom stereocenters. The zero-order valence-corrected chi connectivity index (χ0v) is 14.4. The van der Waals surface area contributed by atoms with E-state index in [2.05, 4.69) is 31.9 Å². The van der Waals surface area contributed by atoms with Crippen LogP contribution in [-0.4, -0.2) is 29.0 Å². The largest absolute Gasteiger partial charge is 0.291 e. The summed E-state index contributed by atoms with van der Waals surface area (Å²) in [6.07, 6.45) is 0. The van der Waals surface area contributed by atoms with Crippen LogP contribution in [0.5, 0.6) is 0 Å². The van der Waals surface area contributed by atoms with Crippen molar-refractivity contribution in [1.29, 1.82) is 0 Å². The maximum Gasteiger partial charge on any atom is 0.262 e. The highest BCUT2D eigenvalue weighted by Crippen LogP contribution is 2.27. The van der Waals surface area contributed by atoms with Gasteiger partial charge in [0.2, 0.25) is 0 Å². The van der Waals surface area contributed by atoms with E-state index in [-0.39, 0.29) is 12.3 Å². The maximum atomic E-state index is 12.3. The van der Waals surface area contributed by atoms with Gasteiger partial charge in [0.1, 0.15) is 0 Å². The molecule has 2 aromatic rings. The summed E-state index contributed by atoms with van der Waals surface area (Å²) < 4.78 is 1.55. The van der Waals surface area contributed by atoms with E-state index in [0.29, 0.717) is 16.0 Å². The zero-order valence-electron chi connectivity index (χ0n) is 10.4. The molecule has 2 amide bonds. The van der Waals surface area contributed by atoms with E-state index in [1.165, 1.54) is 11.3 Å². The van der Waals surface area contributed by atoms with Crippen molar-refractivity contribution in [3.05, 3.63) is 54.6 Å². The van der Waals surface area contributed by atoms with Crippen molar-refractivity contribution in [3.8, 4) is 0 Å². The van der Waals surface area contributed by atoms with Crippen molar-refractivity contribution in [2.45, 2.75) is 0 Å². The molecule has 1 aromatic carbocycles. The molecule has 1 aromatic heterocycles. The average molecular weight is 429 g/mol. The normalized spacial score (nSPS) is 13.7. The molecule has 0 saturated carbocycles. The number of hydrogen-bond donors (Lipinski definition) is 0. The summed E-state index contributed by atoms with van der Waals surface area (Å²) in [4.78, 5) is 38.1. The number of carbonyl (C=O) groups is 3. The van der Waals surface area contributed by atoms with E-state index in [1.807, 2.05) is 0 Å². The summed E-state index contributed by atoms with van der Waals surface area (Å²) in [7, 11) is 0. The van der Waals surface area contributed by atoms with Crippen LogP contribution in [0, 0.1) is 0 Å². The summed E-state index contributed by atoms with van der Waals surface area (Å²) >= 11 is 7.83. The molecule has 0 spiro atoms. The first-order valence-electron chi connectivity index (χ1n) is 5.91. The smallest absolute Gasteiger partial charge is 0.262 e. The van der Waals surface area contributed by atoms with E-state index in [4.69, 9.17) is 0 Å². The molecule has 1 aliphatic heterocycles. The van der Waals surface area contributed by atoms with Gasteiger partial charge in [0.25, 0.3) is 11.8 Å². The monoisotopic (exact) mass is 427 g/mol. The molecule has 21 heavy (non-hydrogen) atoms. The Hall–Kier alpha value is -1.31. The average Bonchev–Trinajstić information content (AvgIpc) is 2.97. The first kappa shape index (κ1) is 14.6. The lowest BCUT2D eigenvalue weighted by Crippen LogP contribution is -2.34. The number of fused-ring (bicyclic) bond motifs is 1. The van der Waals surface area contributed by atoms with Gasteiger partial charge in [-0.25, -0.2) is 0 Å². The maximum absolute atomic E-state index is 12.3. The highest BCUT2D eigenvalue weighted by Gasteiger charge is 2.36. The lowest BCUT2D eigenvalue weighted by Gasteiger charge is -2.11. The van der Waals surface area contributed by atoms with Crippen LogP contribution in [0.1, 0.15) is 30.4 Å². The summed E-state index contributed by atoms with van der Waals surface area (Å²) in [6, 6.07) is 8.32. The number of rotatable bonds is 3. The van der Waals surface area contributed by atoms with E-state index in [9.17, 15) is 14.4 Å². The van der Waals surface area contributed by atoms with Crippen molar-refractivity contribution in [2.24, 2.45) is 0 Å². The Morgan fingerprint density at radius 3 is 2.43 bits per heavy atom. The highest BCUT2D eigenvalue weighted by molar-refractivity contribution is 9.11. The Kier molecular flexibility index (Phi) is 3.81. The van der Waals surface area contributed by atoms with Crippen molar-refractivity contribution < 1.29 is 14.4 Å². The van der Waals surface area contributed by atoms with Crippen LogP contribution in [0.15, 0.2) is 38.6 Å². The predicted molar refractivity (Wildman–Crippen MR) is 85.9 cm³/mol. The first-order chi connectivity index (χ1) is 9.97. The molecule has 0 bridgehead atoms. The minimum absolute atomic E-state index is 0.239. The Labute approximate surface area is 141 Å². The lowest BCUT2D eigenvalue weighted by atomic mass is 10.1. The highest BCUT2D eigenvalue weighted by atomic mass is 79.9. The van der Waals surface area contributed by atoms with E-state index in [0.717, 1.165) is 13.2 Å². The predicted octanol–water partition coefficient (Wildman–Crippen LogP) is 3.75. The molecule has 4 nitrogen and oxygen atoms in total. The van der Waals surface area contributed by atoms with Crippen LogP contribution < -0.4 is 0 Å². The molecule has 3 rings (SSSR count). The number of nitrogens with zero attached hydrogens (tertiary/aromatic N) is 1. The minimum Gasteiger partial charge on any atom is -0.291 e. The van der Waals surface area contributed by atoms with Gasteiger partial charge in [-0.15, -0.1) is 11.3 Å². The fourth-order valence-corrected chi connectivity index (χ4v) is 3.77. The van der Waals surface area contributed by atoms with E-state index in [1.54, 1.807) is 30.3 Å². The molecule has 106 valence electrons. The molecule has 0 saturated heterocycles. The third-order valence-electron chi connectivity index (χ3n) is 3.08. The van der Waals surface area contributed by atoms with Crippen molar-refractivity contribution >= 4 is 60.8 Å². The van der Waals surface area contributed by atoms with Crippen LogP contribution in [0.3, 0.4) is 0 Å². The van der Waals surface area contributed by atoms with Crippen LogP contribution in [-0.2, 0) is 0 Å². The van der Waals surface area contributed by atoms with Crippen LogP contribution in [0.2, 0.25) is 0 Å². The van der Waals surface area contributed by atoms with Gasteiger partial charge in [-0.05, 0) is 46.3 Å². The lowest BCUT2D eigenvalue weighted by molar-refractivity contribution is 0.0625. The number of Topliss-reactive ketones (excluding diaryl/α,β-unsaturated/α-hetero) is 1. The summed E-state index contributed by atoms with van der Waals surface area (Å²) in [5.74, 6) is -1.11. The summed E-state index contributed by atoms with van der Waals surface area (Å²) in [6.45, 7) is -0.239. The fraction of sp³-hybridized carbons (Fsp3) is 0.0714. The third-order valence-corrected chi connectivity index (χ3v) is 5.24. The van der Waals surface area contributed by atoms with Gasteiger partial charge in [0.15, 0.2) is 5.78 Å². The first-order valence-corrected chi connectivity index (χ1v) is 8.32. The quantitative estimate of drug-likeness (QED) is 0.552. The zero-order chi connectivity index (χ0) is 15.1. The fourth-order valence-electron chi connectivity index (χ4n) is 2.09. The third kappa shape index (κ3) is 2.61. The Balaban J connectivity index is 1.87. The molecule has 1 aliphatic rings. The van der Waals surface area contributed by atoms with Gasteiger partial charge in [0, 0.05) is 4.47 Å². The van der Waals surface area contributed by atoms with Crippen molar-refractivity contribution in [2.75, 3.05) is 6.54 Å². The van der Waals surface area contributed by atoms with Gasteiger partial charge >= 0.3 is 0 Å². The summed E-state index contributed by atoms with van der Waals surface area (Å²) in [5.41, 5.74) is 0.665. The number of benzene rings is 1. The molecule has 2 heterocycles. The number of carbonyl (C=O) groups excluding carboxylic acids is 3. The van der Waals surface area contributed by atoms with Crippen LogP contribution >= 0.6 is 43.2 Å². The Morgan fingerprint density at radius 2 is 1.76 bits per heavy atom. The molecule has 7 heteroatoms. The van der Waals surface area contributed by atoms with Gasteiger partial charge < -0.3 is 0 Å². The number of halogens is 2. The number of thiophene rings is 1. The Bertz CT molecular complexity index is 784. The molecular formula is C14H7Br2NO3S. The number of amides is 2. The second-order valence-corrected chi connectivity index (χ2v) is 7.79. The molecule has 0 fully saturated rings. The molecular weight excluding hydrogens is 422 g/mol. The molecule has 0 aliphatic carbocycles. The van der Waals surface area contributed by atoms with Crippen LogP contribution in [0.25, 0.3) is 0 Å². The summed E-state index contributed by atoms with van der Waals surface area (Å²) in [5, 5.41) is 0. The number of ketones is 1. The number of imide groups is 1. The van der Waals surface area contributed by atoms with Gasteiger partial charge in [-0.2, -0.15) is 0 Å². The van der Waals surface area contributed by atoms with E-state index >= 15 is 0 Å². The molecule has 0 unspecified atom stereocenters.